The summed E-state index contributed by atoms with van der Waals surface area (Å²) in [6.45, 7) is 18.8. The van der Waals surface area contributed by atoms with Gasteiger partial charge in [-0.2, -0.15) is 0 Å². The van der Waals surface area contributed by atoms with Crippen LogP contribution in [0.15, 0.2) is 77.4 Å². The Kier molecular flexibility index (Phi) is 11.4. The van der Waals surface area contributed by atoms with Gasteiger partial charge in [-0.15, -0.1) is 40.5 Å². The second kappa shape index (κ2) is 14.6. The fraction of sp³-hybridized carbons (Fsp3) is 0.390. The van der Waals surface area contributed by atoms with Crippen LogP contribution < -0.4 is 0 Å². The van der Waals surface area contributed by atoms with Gasteiger partial charge in [0.05, 0.1) is 6.26 Å². The number of fused-ring (bicyclic) bond motifs is 6. The van der Waals surface area contributed by atoms with Crippen molar-refractivity contribution in [2.75, 3.05) is 0 Å². The first-order valence-electron chi connectivity index (χ1n) is 16.7. The number of hydrogen-bond acceptors (Lipinski definition) is 6. The Morgan fingerprint density at radius 1 is 0.875 bits per heavy atom. The van der Waals surface area contributed by atoms with Crippen LogP contribution in [0.3, 0.4) is 0 Å². The van der Waals surface area contributed by atoms with Crippen LogP contribution in [-0.4, -0.2) is 20.9 Å². The maximum Gasteiger partial charge on any atom is 0.164 e. The van der Waals surface area contributed by atoms with E-state index < -0.39 is 0 Å². The third-order valence-electron chi connectivity index (χ3n) is 10.3. The standard InChI is InChI=1S/C26H19N2OS.C15H28O2.Ir/c1-26(2,3)20-13-16(12-15-6-4-5-7-17(15)20)23-22-19-8-9-21-18(10-11-29-21)24(19)30-25(22)28-14-27-23;1-7-14(5,8-2)12(16)11-13(17)15(6,9-3)10-4;/h4-11,13-14H,1-3H3;11,16H,7-10H2,1-6H3;/q-1;;/b;12-11-;. The van der Waals surface area contributed by atoms with Gasteiger partial charge in [0.15, 0.2) is 5.78 Å². The van der Waals surface area contributed by atoms with Crippen molar-refractivity contribution in [3.8, 4) is 11.3 Å². The average Bonchev–Trinajstić information content (AvgIpc) is 3.71. The zero-order valence-corrected chi connectivity index (χ0v) is 32.8. The summed E-state index contributed by atoms with van der Waals surface area (Å²) in [6.07, 6.45) is 8.16. The molecule has 1 N–H and O–H groups in total. The van der Waals surface area contributed by atoms with Gasteiger partial charge in [0.2, 0.25) is 0 Å². The number of nitrogens with zero attached hydrogens (tertiary/aromatic N) is 2. The monoisotopic (exact) mass is 840 g/mol. The van der Waals surface area contributed by atoms with Crippen LogP contribution in [-0.2, 0) is 30.3 Å². The van der Waals surface area contributed by atoms with Crippen LogP contribution in [0.5, 0.6) is 0 Å². The Hall–Kier alpha value is -3.38. The van der Waals surface area contributed by atoms with E-state index in [2.05, 4.69) is 68.2 Å². The van der Waals surface area contributed by atoms with Crippen LogP contribution in [0.1, 0.15) is 93.6 Å². The van der Waals surface area contributed by atoms with E-state index in [9.17, 15) is 9.90 Å². The van der Waals surface area contributed by atoms with Crippen molar-refractivity contribution in [1.82, 2.24) is 9.97 Å². The van der Waals surface area contributed by atoms with E-state index in [0.717, 1.165) is 63.5 Å². The van der Waals surface area contributed by atoms with E-state index in [4.69, 9.17) is 9.40 Å². The summed E-state index contributed by atoms with van der Waals surface area (Å²) in [5.41, 5.74) is 3.55. The van der Waals surface area contributed by atoms with Gasteiger partial charge in [0, 0.05) is 58.2 Å². The van der Waals surface area contributed by atoms with E-state index in [0.29, 0.717) is 0 Å². The minimum Gasteiger partial charge on any atom is -0.512 e. The molecule has 0 spiro atoms. The van der Waals surface area contributed by atoms with E-state index >= 15 is 0 Å². The number of aliphatic hydroxyl groups excluding tert-OH is 1. The molecule has 0 bridgehead atoms. The Labute approximate surface area is 302 Å². The molecule has 0 aliphatic carbocycles. The predicted molar refractivity (Wildman–Crippen MR) is 198 cm³/mol. The number of allylic oxidation sites excluding steroid dienone is 2. The Morgan fingerprint density at radius 2 is 1.54 bits per heavy atom. The molecule has 1 radical (unpaired) electrons. The van der Waals surface area contributed by atoms with E-state index in [1.165, 1.54) is 27.1 Å². The van der Waals surface area contributed by atoms with Gasteiger partial charge >= 0.3 is 0 Å². The van der Waals surface area contributed by atoms with Crippen molar-refractivity contribution in [3.63, 3.8) is 0 Å². The molecule has 0 saturated heterocycles. The quantitative estimate of drug-likeness (QED) is 0.0938. The van der Waals surface area contributed by atoms with Gasteiger partial charge in [0.25, 0.3) is 0 Å². The van der Waals surface area contributed by atoms with E-state index in [1.807, 2.05) is 53.7 Å². The molecule has 3 heterocycles. The smallest absolute Gasteiger partial charge is 0.164 e. The number of thiophene rings is 1. The van der Waals surface area contributed by atoms with Gasteiger partial charge < -0.3 is 9.52 Å². The topological polar surface area (TPSA) is 76.2 Å². The first-order chi connectivity index (χ1) is 22.3. The fourth-order valence-corrected chi connectivity index (χ4v) is 7.14. The molecular formula is C41H47IrN2O3S-. The van der Waals surface area contributed by atoms with Crippen LogP contribution in [0.4, 0.5) is 0 Å². The molecule has 6 rings (SSSR count). The number of ketones is 1. The number of rotatable bonds is 8. The van der Waals surface area contributed by atoms with Crippen LogP contribution in [0.25, 0.3) is 53.3 Å². The van der Waals surface area contributed by atoms with Gasteiger partial charge in [-0.3, -0.25) is 9.78 Å². The molecule has 0 amide bonds. The number of carbonyl (C=O) groups is 1. The maximum absolute atomic E-state index is 12.2. The molecule has 6 aromatic rings. The molecule has 3 aromatic carbocycles. The third-order valence-corrected chi connectivity index (χ3v) is 11.5. The summed E-state index contributed by atoms with van der Waals surface area (Å²) < 4.78 is 6.79. The molecule has 0 saturated carbocycles. The number of benzene rings is 3. The SMILES string of the molecule is CC(C)(C)c1cc(-c2ncnc3sc4c5ccoc5ccc4c23)[c-]c2ccccc12.CCC(C)(CC)C(=O)/C=C(\O)C(C)(CC)CC.[Ir]. The van der Waals surface area contributed by atoms with Crippen LogP contribution in [0, 0.1) is 16.9 Å². The van der Waals surface area contributed by atoms with Crippen molar-refractivity contribution in [2.45, 2.75) is 93.4 Å². The van der Waals surface area contributed by atoms with E-state index in [1.54, 1.807) is 23.9 Å². The van der Waals surface area contributed by atoms with Crippen molar-refractivity contribution in [1.29, 1.82) is 0 Å². The van der Waals surface area contributed by atoms with Crippen molar-refractivity contribution in [3.05, 3.63) is 84.6 Å². The summed E-state index contributed by atoms with van der Waals surface area (Å²) in [7, 11) is 0. The molecular weight excluding hydrogens is 793 g/mol. The molecule has 0 atom stereocenters. The molecule has 0 unspecified atom stereocenters. The van der Waals surface area contributed by atoms with Gasteiger partial charge in [-0.05, 0) is 54.7 Å². The number of furan rings is 1. The summed E-state index contributed by atoms with van der Waals surface area (Å²) in [4.78, 5) is 22.5. The van der Waals surface area contributed by atoms with Gasteiger partial charge in [-0.1, -0.05) is 91.5 Å². The summed E-state index contributed by atoms with van der Waals surface area (Å²) >= 11 is 1.69. The zero-order chi connectivity index (χ0) is 34.1. The second-order valence-corrected chi connectivity index (χ2v) is 15.1. The van der Waals surface area contributed by atoms with Crippen LogP contribution >= 0.6 is 11.3 Å². The fourth-order valence-electron chi connectivity index (χ4n) is 5.98. The normalized spacial score (nSPS) is 12.7. The Bertz CT molecular complexity index is 2090. The Morgan fingerprint density at radius 3 is 2.19 bits per heavy atom. The van der Waals surface area contributed by atoms with Crippen molar-refractivity contribution in [2.24, 2.45) is 10.8 Å². The Balaban J connectivity index is 0.000000251. The summed E-state index contributed by atoms with van der Waals surface area (Å²) in [6, 6.07) is 20.5. The largest absolute Gasteiger partial charge is 0.512 e. The summed E-state index contributed by atoms with van der Waals surface area (Å²) in [5.74, 6) is 0.286. The first kappa shape index (κ1) is 37.4. The second-order valence-electron chi connectivity index (χ2n) is 14.1. The number of aromatic nitrogens is 2. The molecule has 0 aliphatic rings. The molecule has 0 aliphatic heterocycles. The summed E-state index contributed by atoms with van der Waals surface area (Å²) in [5, 5.41) is 15.9. The molecule has 3 aromatic heterocycles. The maximum atomic E-state index is 12.2. The number of aliphatic hydroxyl groups is 1. The molecule has 48 heavy (non-hydrogen) atoms. The van der Waals surface area contributed by atoms with Gasteiger partial charge in [-0.25, -0.2) is 4.98 Å². The van der Waals surface area contributed by atoms with Crippen LogP contribution in [0.2, 0.25) is 0 Å². The zero-order valence-electron chi connectivity index (χ0n) is 29.6. The molecule has 255 valence electrons. The third kappa shape index (κ3) is 7.01. The minimum absolute atomic E-state index is 0. The van der Waals surface area contributed by atoms with Crippen molar-refractivity contribution >= 4 is 59.2 Å². The average molecular weight is 840 g/mol. The predicted octanol–water partition coefficient (Wildman–Crippen LogP) is 12.2. The first-order valence-corrected chi connectivity index (χ1v) is 17.6. The van der Waals surface area contributed by atoms with E-state index in [-0.39, 0.29) is 47.9 Å². The van der Waals surface area contributed by atoms with Crippen molar-refractivity contribution < 1.29 is 34.4 Å². The minimum atomic E-state index is -0.337. The number of hydrogen-bond donors (Lipinski definition) is 1. The number of carbonyl (C=O) groups excluding carboxylic acids is 1. The molecule has 7 heteroatoms. The van der Waals surface area contributed by atoms with Gasteiger partial charge in [0.1, 0.15) is 22.5 Å². The molecule has 0 fully saturated rings. The molecule has 5 nitrogen and oxygen atoms in total.